The first-order chi connectivity index (χ1) is 14.2. The van der Waals surface area contributed by atoms with Crippen LogP contribution < -0.4 is 15.4 Å². The van der Waals surface area contributed by atoms with E-state index in [1.807, 2.05) is 6.92 Å². The third kappa shape index (κ3) is 9.83. The van der Waals surface area contributed by atoms with Crippen molar-refractivity contribution in [3.63, 3.8) is 0 Å². The van der Waals surface area contributed by atoms with E-state index in [2.05, 4.69) is 54.5 Å². The highest BCUT2D eigenvalue weighted by molar-refractivity contribution is 14.0. The summed E-state index contributed by atoms with van der Waals surface area (Å²) in [7, 11) is 0. The van der Waals surface area contributed by atoms with Gasteiger partial charge < -0.3 is 25.0 Å². The van der Waals surface area contributed by atoms with Gasteiger partial charge in [0.1, 0.15) is 12.4 Å². The predicted octanol–water partition coefficient (Wildman–Crippen LogP) is 3.82. The van der Waals surface area contributed by atoms with Crippen molar-refractivity contribution in [2.75, 3.05) is 52.5 Å². The van der Waals surface area contributed by atoms with Gasteiger partial charge in [-0.1, -0.05) is 19.1 Å². The van der Waals surface area contributed by atoms with Crippen molar-refractivity contribution in [3.05, 3.63) is 29.3 Å². The molecule has 0 radical (unpaired) electrons. The summed E-state index contributed by atoms with van der Waals surface area (Å²) in [5.74, 6) is 2.47. The van der Waals surface area contributed by atoms with Gasteiger partial charge in [0, 0.05) is 31.8 Å². The van der Waals surface area contributed by atoms with Crippen LogP contribution in [0.3, 0.4) is 0 Å². The second-order valence-electron chi connectivity index (χ2n) is 7.69. The van der Waals surface area contributed by atoms with Crippen LogP contribution in [0.5, 0.6) is 5.75 Å². The number of halogens is 1. The van der Waals surface area contributed by atoms with Crippen LogP contribution in [-0.4, -0.2) is 63.4 Å². The van der Waals surface area contributed by atoms with Gasteiger partial charge in [-0.15, -0.1) is 24.0 Å². The fourth-order valence-corrected chi connectivity index (χ4v) is 3.63. The molecular weight excluding hydrogens is 491 g/mol. The van der Waals surface area contributed by atoms with E-state index in [-0.39, 0.29) is 24.0 Å². The largest absolute Gasteiger partial charge is 0.491 e. The number of ether oxygens (including phenoxy) is 2. The number of hydrogen-bond acceptors (Lipinski definition) is 4. The second kappa shape index (κ2) is 15.7. The van der Waals surface area contributed by atoms with Crippen molar-refractivity contribution < 1.29 is 9.47 Å². The van der Waals surface area contributed by atoms with Crippen molar-refractivity contribution in [1.82, 2.24) is 15.5 Å². The van der Waals surface area contributed by atoms with Crippen LogP contribution >= 0.6 is 24.0 Å². The molecule has 1 saturated heterocycles. The van der Waals surface area contributed by atoms with Gasteiger partial charge in [0.15, 0.2) is 5.96 Å². The quantitative estimate of drug-likeness (QED) is 0.186. The Hall–Kier alpha value is -1.06. The van der Waals surface area contributed by atoms with Crippen LogP contribution in [-0.2, 0) is 11.3 Å². The van der Waals surface area contributed by atoms with E-state index in [9.17, 15) is 0 Å². The first kappa shape index (κ1) is 27.0. The topological polar surface area (TPSA) is 58.1 Å². The number of benzene rings is 1. The number of aliphatic imine (C=N–C) groups is 1. The lowest BCUT2D eigenvalue weighted by atomic mass is 10.1. The van der Waals surface area contributed by atoms with Crippen LogP contribution in [0.4, 0.5) is 0 Å². The first-order valence-corrected chi connectivity index (χ1v) is 11.2. The van der Waals surface area contributed by atoms with Crippen LogP contribution in [0, 0.1) is 12.8 Å². The Labute approximate surface area is 200 Å². The molecule has 1 aliphatic heterocycles. The molecule has 2 rings (SSSR count). The van der Waals surface area contributed by atoms with E-state index in [1.165, 1.54) is 38.0 Å². The monoisotopic (exact) mass is 532 g/mol. The van der Waals surface area contributed by atoms with Crippen LogP contribution in [0.25, 0.3) is 0 Å². The Bertz CT molecular complexity index is 627. The van der Waals surface area contributed by atoms with Gasteiger partial charge in [-0.2, -0.15) is 0 Å². The molecule has 2 N–H and O–H groups in total. The second-order valence-corrected chi connectivity index (χ2v) is 7.69. The summed E-state index contributed by atoms with van der Waals surface area (Å²) in [4.78, 5) is 7.37. The zero-order valence-electron chi connectivity index (χ0n) is 19.2. The van der Waals surface area contributed by atoms with Gasteiger partial charge >= 0.3 is 0 Å². The lowest BCUT2D eigenvalue weighted by Gasteiger charge is -2.17. The minimum atomic E-state index is 0. The Kier molecular flexibility index (Phi) is 14.1. The minimum Gasteiger partial charge on any atom is -0.491 e. The van der Waals surface area contributed by atoms with Gasteiger partial charge in [0.2, 0.25) is 0 Å². The summed E-state index contributed by atoms with van der Waals surface area (Å²) in [6, 6.07) is 6.30. The number of hydrogen-bond donors (Lipinski definition) is 2. The minimum absolute atomic E-state index is 0. The molecule has 0 saturated carbocycles. The SMILES string of the molecule is CCCN1CCC(CNC(=NCc2ccc(C)cc2OCCOCC)NCC)C1.I. The Balaban J connectivity index is 0.00000450. The van der Waals surface area contributed by atoms with E-state index in [0.29, 0.717) is 32.3 Å². The van der Waals surface area contributed by atoms with E-state index in [1.54, 1.807) is 0 Å². The first-order valence-electron chi connectivity index (χ1n) is 11.2. The van der Waals surface area contributed by atoms with Crippen LogP contribution in [0.15, 0.2) is 23.2 Å². The van der Waals surface area contributed by atoms with Crippen molar-refractivity contribution in [1.29, 1.82) is 0 Å². The molecular formula is C23H41IN4O2. The smallest absolute Gasteiger partial charge is 0.191 e. The lowest BCUT2D eigenvalue weighted by Crippen LogP contribution is -2.40. The molecule has 1 heterocycles. The molecule has 0 spiro atoms. The van der Waals surface area contributed by atoms with Crippen molar-refractivity contribution in [2.45, 2.75) is 47.1 Å². The zero-order valence-corrected chi connectivity index (χ0v) is 21.5. The number of nitrogens with one attached hydrogen (secondary N) is 2. The van der Waals surface area contributed by atoms with Gasteiger partial charge in [-0.3, -0.25) is 0 Å². The fourth-order valence-electron chi connectivity index (χ4n) is 3.63. The van der Waals surface area contributed by atoms with E-state index >= 15 is 0 Å². The highest BCUT2D eigenvalue weighted by Gasteiger charge is 2.21. The van der Waals surface area contributed by atoms with E-state index < -0.39 is 0 Å². The molecule has 30 heavy (non-hydrogen) atoms. The maximum atomic E-state index is 5.95. The summed E-state index contributed by atoms with van der Waals surface area (Å²) < 4.78 is 11.3. The van der Waals surface area contributed by atoms with Gasteiger partial charge in [-0.05, 0) is 64.3 Å². The Morgan fingerprint density at radius 3 is 2.77 bits per heavy atom. The van der Waals surface area contributed by atoms with Crippen LogP contribution in [0.1, 0.15) is 44.7 Å². The average Bonchev–Trinajstić information content (AvgIpc) is 3.16. The molecule has 0 bridgehead atoms. The number of likely N-dealkylation sites (tertiary alicyclic amines) is 1. The van der Waals surface area contributed by atoms with Crippen molar-refractivity contribution in [3.8, 4) is 5.75 Å². The third-order valence-electron chi connectivity index (χ3n) is 5.13. The van der Waals surface area contributed by atoms with Crippen molar-refractivity contribution >= 4 is 29.9 Å². The molecule has 0 amide bonds. The Morgan fingerprint density at radius 1 is 1.20 bits per heavy atom. The van der Waals surface area contributed by atoms with Crippen molar-refractivity contribution in [2.24, 2.45) is 10.9 Å². The maximum absolute atomic E-state index is 5.95. The molecule has 1 aromatic rings. The standard InChI is InChI=1S/C23H40N4O2.HI/c1-5-11-27-12-10-20(18-27)16-25-23(24-6-2)26-17-21-9-8-19(4)15-22(21)29-14-13-28-7-3;/h8-9,15,20H,5-7,10-14,16-18H2,1-4H3,(H2,24,25,26);1H. The highest BCUT2D eigenvalue weighted by atomic mass is 127. The molecule has 6 nitrogen and oxygen atoms in total. The molecule has 1 aliphatic rings. The zero-order chi connectivity index (χ0) is 20.9. The number of guanidine groups is 1. The molecule has 172 valence electrons. The third-order valence-corrected chi connectivity index (χ3v) is 5.13. The van der Waals surface area contributed by atoms with E-state index in [0.717, 1.165) is 30.4 Å². The van der Waals surface area contributed by atoms with Gasteiger partial charge in [0.05, 0.1) is 13.2 Å². The molecule has 0 aliphatic carbocycles. The van der Waals surface area contributed by atoms with Gasteiger partial charge in [-0.25, -0.2) is 4.99 Å². The summed E-state index contributed by atoms with van der Waals surface area (Å²) >= 11 is 0. The molecule has 0 aromatic heterocycles. The van der Waals surface area contributed by atoms with E-state index in [4.69, 9.17) is 14.5 Å². The number of aryl methyl sites for hydroxylation is 1. The molecule has 1 atom stereocenters. The fraction of sp³-hybridized carbons (Fsp3) is 0.696. The number of rotatable bonds is 12. The normalized spacial score (nSPS) is 16.9. The lowest BCUT2D eigenvalue weighted by molar-refractivity contribution is 0.110. The maximum Gasteiger partial charge on any atom is 0.191 e. The average molecular weight is 533 g/mol. The number of nitrogens with zero attached hydrogens (tertiary/aromatic N) is 2. The summed E-state index contributed by atoms with van der Waals surface area (Å²) in [5.41, 5.74) is 2.28. The molecule has 7 heteroatoms. The van der Waals surface area contributed by atoms with Crippen LogP contribution in [0.2, 0.25) is 0 Å². The summed E-state index contributed by atoms with van der Waals surface area (Å²) in [5, 5.41) is 6.91. The summed E-state index contributed by atoms with van der Waals surface area (Å²) in [6.07, 6.45) is 2.50. The molecule has 1 aromatic carbocycles. The predicted molar refractivity (Wildman–Crippen MR) is 136 cm³/mol. The Morgan fingerprint density at radius 2 is 2.03 bits per heavy atom. The van der Waals surface area contributed by atoms with Gasteiger partial charge in [0.25, 0.3) is 0 Å². The summed E-state index contributed by atoms with van der Waals surface area (Å²) in [6.45, 7) is 16.3. The molecule has 1 fully saturated rings. The highest BCUT2D eigenvalue weighted by Crippen LogP contribution is 2.21. The molecule has 1 unspecified atom stereocenters.